The van der Waals surface area contributed by atoms with Crippen LogP contribution in [-0.4, -0.2) is 10.1 Å². The lowest BCUT2D eigenvalue weighted by molar-refractivity contribution is 0.0947. The van der Waals surface area contributed by atoms with Crippen molar-refractivity contribution in [3.8, 4) is 0 Å². The van der Waals surface area contributed by atoms with Crippen LogP contribution in [0.4, 0.5) is 0 Å². The quantitative estimate of drug-likeness (QED) is 0.882. The number of aliphatic hydroxyl groups is 1. The number of hydrogen-bond donors (Lipinski definition) is 1. The molecule has 2 heterocycles. The first-order valence-electron chi connectivity index (χ1n) is 5.98. The van der Waals surface area contributed by atoms with Crippen LogP contribution in [0, 0.1) is 5.92 Å². The van der Waals surface area contributed by atoms with Crippen molar-refractivity contribution in [2.24, 2.45) is 5.92 Å². The second-order valence-electron chi connectivity index (χ2n) is 4.61. The Morgan fingerprint density at radius 2 is 2.35 bits per heavy atom. The summed E-state index contributed by atoms with van der Waals surface area (Å²) in [6, 6.07) is 6.11. The molecule has 3 rings (SSSR count). The summed E-state index contributed by atoms with van der Waals surface area (Å²) in [5.74, 6) is 0.335. The van der Waals surface area contributed by atoms with Crippen molar-refractivity contribution in [1.29, 1.82) is 0 Å². The van der Waals surface area contributed by atoms with Crippen molar-refractivity contribution in [2.75, 3.05) is 0 Å². The van der Waals surface area contributed by atoms with E-state index in [4.69, 9.17) is 0 Å². The van der Waals surface area contributed by atoms with Gasteiger partial charge in [-0.25, -0.2) is 0 Å². The van der Waals surface area contributed by atoms with Crippen LogP contribution in [0.2, 0.25) is 0 Å². The van der Waals surface area contributed by atoms with Gasteiger partial charge in [-0.1, -0.05) is 6.07 Å². The largest absolute Gasteiger partial charge is 0.388 e. The Morgan fingerprint density at radius 1 is 1.41 bits per heavy atom. The molecule has 1 aliphatic carbocycles. The molecular weight excluding hydrogens is 230 g/mol. The molecule has 2 nitrogen and oxygen atoms in total. The van der Waals surface area contributed by atoms with Gasteiger partial charge in [0.2, 0.25) is 0 Å². The third kappa shape index (κ3) is 2.13. The van der Waals surface area contributed by atoms with E-state index in [2.05, 4.69) is 22.5 Å². The summed E-state index contributed by atoms with van der Waals surface area (Å²) in [5, 5.41) is 12.4. The second-order valence-corrected chi connectivity index (χ2v) is 5.61. The molecule has 0 saturated carbocycles. The van der Waals surface area contributed by atoms with E-state index in [0.717, 1.165) is 24.8 Å². The van der Waals surface area contributed by atoms with Gasteiger partial charge in [-0.3, -0.25) is 4.98 Å². The highest BCUT2D eigenvalue weighted by Gasteiger charge is 2.28. The minimum Gasteiger partial charge on any atom is -0.388 e. The summed E-state index contributed by atoms with van der Waals surface area (Å²) in [4.78, 5) is 5.49. The van der Waals surface area contributed by atoms with Crippen LogP contribution in [0.1, 0.15) is 28.5 Å². The summed E-state index contributed by atoms with van der Waals surface area (Å²) in [7, 11) is 0. The molecule has 2 unspecified atom stereocenters. The molecule has 2 atom stereocenters. The van der Waals surface area contributed by atoms with E-state index in [-0.39, 0.29) is 6.10 Å². The molecule has 0 saturated heterocycles. The zero-order valence-electron chi connectivity index (χ0n) is 9.54. The average molecular weight is 245 g/mol. The standard InChI is InChI=1S/C14H15NOS/c16-14-11(8-10-2-1-6-15-9-10)3-4-13-12(14)5-7-17-13/h1-2,5-7,9,11,14,16H,3-4,8H2. The molecular formula is C14H15NOS. The predicted molar refractivity (Wildman–Crippen MR) is 69.0 cm³/mol. The summed E-state index contributed by atoms with van der Waals surface area (Å²) >= 11 is 1.77. The fourth-order valence-electron chi connectivity index (χ4n) is 2.58. The topological polar surface area (TPSA) is 33.1 Å². The second kappa shape index (κ2) is 4.59. The molecule has 3 heteroatoms. The van der Waals surface area contributed by atoms with Gasteiger partial charge in [-0.15, -0.1) is 11.3 Å². The highest BCUT2D eigenvalue weighted by Crippen LogP contribution is 2.38. The number of nitrogens with zero attached hydrogens (tertiary/aromatic N) is 1. The first kappa shape index (κ1) is 10.9. The van der Waals surface area contributed by atoms with Crippen molar-refractivity contribution >= 4 is 11.3 Å². The minimum absolute atomic E-state index is 0.301. The van der Waals surface area contributed by atoms with E-state index in [0.29, 0.717) is 5.92 Å². The number of fused-ring (bicyclic) bond motifs is 1. The monoisotopic (exact) mass is 245 g/mol. The van der Waals surface area contributed by atoms with Crippen LogP contribution in [0.25, 0.3) is 0 Å². The number of rotatable bonds is 2. The first-order chi connectivity index (χ1) is 8.34. The third-order valence-electron chi connectivity index (χ3n) is 3.51. The SMILES string of the molecule is OC1c2ccsc2CCC1Cc1cccnc1. The smallest absolute Gasteiger partial charge is 0.0832 e. The molecule has 1 aliphatic rings. The fourth-order valence-corrected chi connectivity index (χ4v) is 3.52. The Labute approximate surface area is 105 Å². The molecule has 0 radical (unpaired) electrons. The van der Waals surface area contributed by atoms with Gasteiger partial charge < -0.3 is 5.11 Å². The maximum Gasteiger partial charge on any atom is 0.0832 e. The van der Waals surface area contributed by atoms with Gasteiger partial charge in [0, 0.05) is 17.3 Å². The van der Waals surface area contributed by atoms with Crippen LogP contribution < -0.4 is 0 Å². The molecule has 1 N–H and O–H groups in total. The number of aliphatic hydroxyl groups excluding tert-OH is 1. The Balaban J connectivity index is 1.78. The molecule has 88 valence electrons. The number of aryl methyl sites for hydroxylation is 1. The lowest BCUT2D eigenvalue weighted by atomic mass is 9.82. The van der Waals surface area contributed by atoms with Gasteiger partial charge in [0.25, 0.3) is 0 Å². The normalized spacial score (nSPS) is 23.4. The van der Waals surface area contributed by atoms with Crippen LogP contribution >= 0.6 is 11.3 Å². The van der Waals surface area contributed by atoms with Gasteiger partial charge in [-0.05, 0) is 53.8 Å². The van der Waals surface area contributed by atoms with Gasteiger partial charge in [-0.2, -0.15) is 0 Å². The molecule has 0 bridgehead atoms. The zero-order chi connectivity index (χ0) is 11.7. The molecule has 0 aliphatic heterocycles. The van der Waals surface area contributed by atoms with Crippen molar-refractivity contribution in [1.82, 2.24) is 4.98 Å². The van der Waals surface area contributed by atoms with E-state index < -0.39 is 0 Å². The molecule has 0 amide bonds. The predicted octanol–water partition coefficient (Wildman–Crippen LogP) is 2.98. The number of pyridine rings is 1. The van der Waals surface area contributed by atoms with E-state index in [1.54, 1.807) is 17.5 Å². The third-order valence-corrected chi connectivity index (χ3v) is 4.50. The van der Waals surface area contributed by atoms with E-state index in [1.807, 2.05) is 12.3 Å². The maximum atomic E-state index is 10.4. The van der Waals surface area contributed by atoms with Gasteiger partial charge >= 0.3 is 0 Å². The molecule has 17 heavy (non-hydrogen) atoms. The van der Waals surface area contributed by atoms with Crippen LogP contribution in [0.5, 0.6) is 0 Å². The molecule has 2 aromatic heterocycles. The van der Waals surface area contributed by atoms with Crippen LogP contribution in [0.15, 0.2) is 36.0 Å². The molecule has 0 spiro atoms. The Hall–Kier alpha value is -1.19. The summed E-state index contributed by atoms with van der Waals surface area (Å²) < 4.78 is 0. The van der Waals surface area contributed by atoms with Crippen molar-refractivity contribution < 1.29 is 5.11 Å². The first-order valence-corrected chi connectivity index (χ1v) is 6.86. The Bertz CT molecular complexity index is 494. The zero-order valence-corrected chi connectivity index (χ0v) is 10.4. The lowest BCUT2D eigenvalue weighted by Gasteiger charge is -2.28. The summed E-state index contributed by atoms with van der Waals surface area (Å²) in [6.07, 6.45) is 6.49. The maximum absolute atomic E-state index is 10.4. The van der Waals surface area contributed by atoms with Gasteiger partial charge in [0.05, 0.1) is 6.10 Å². The van der Waals surface area contributed by atoms with E-state index >= 15 is 0 Å². The average Bonchev–Trinajstić information content (AvgIpc) is 2.83. The summed E-state index contributed by atoms with van der Waals surface area (Å²) in [6.45, 7) is 0. The van der Waals surface area contributed by atoms with Crippen molar-refractivity contribution in [2.45, 2.75) is 25.4 Å². The fraction of sp³-hybridized carbons (Fsp3) is 0.357. The van der Waals surface area contributed by atoms with Crippen LogP contribution in [-0.2, 0) is 12.8 Å². The summed E-state index contributed by atoms with van der Waals surface area (Å²) in [5.41, 5.74) is 2.37. The lowest BCUT2D eigenvalue weighted by Crippen LogP contribution is -2.21. The number of aromatic nitrogens is 1. The van der Waals surface area contributed by atoms with Gasteiger partial charge in [0.1, 0.15) is 0 Å². The number of hydrogen-bond acceptors (Lipinski definition) is 3. The van der Waals surface area contributed by atoms with Crippen LogP contribution in [0.3, 0.4) is 0 Å². The Kier molecular flexibility index (Phi) is 2.95. The van der Waals surface area contributed by atoms with Crippen molar-refractivity contribution in [3.05, 3.63) is 52.0 Å². The van der Waals surface area contributed by atoms with Gasteiger partial charge in [0.15, 0.2) is 0 Å². The van der Waals surface area contributed by atoms with E-state index in [9.17, 15) is 5.11 Å². The van der Waals surface area contributed by atoms with E-state index in [1.165, 1.54) is 10.4 Å². The molecule has 0 fully saturated rings. The molecule has 0 aromatic carbocycles. The number of thiophene rings is 1. The highest BCUT2D eigenvalue weighted by molar-refractivity contribution is 7.10. The minimum atomic E-state index is -0.301. The Morgan fingerprint density at radius 3 is 3.18 bits per heavy atom. The molecule has 2 aromatic rings. The van der Waals surface area contributed by atoms with Crippen molar-refractivity contribution in [3.63, 3.8) is 0 Å². The highest BCUT2D eigenvalue weighted by atomic mass is 32.1.